The first-order valence-electron chi connectivity index (χ1n) is 11.7. The summed E-state index contributed by atoms with van der Waals surface area (Å²) in [7, 11) is -1.96. The van der Waals surface area contributed by atoms with Crippen LogP contribution in [-0.2, 0) is 21.2 Å². The van der Waals surface area contributed by atoms with E-state index in [-0.39, 0.29) is 31.4 Å². The molecule has 1 aliphatic rings. The van der Waals surface area contributed by atoms with Gasteiger partial charge >= 0.3 is 6.03 Å². The molecule has 0 aliphatic carbocycles. The lowest BCUT2D eigenvalue weighted by Gasteiger charge is -2.33. The molecule has 0 unspecified atom stereocenters. The predicted molar refractivity (Wildman–Crippen MR) is 139 cm³/mol. The van der Waals surface area contributed by atoms with Crippen molar-refractivity contribution in [2.75, 3.05) is 43.6 Å². The van der Waals surface area contributed by atoms with E-state index < -0.39 is 28.2 Å². The zero-order chi connectivity index (χ0) is 26.5. The lowest BCUT2D eigenvalue weighted by Crippen LogP contribution is -2.48. The van der Waals surface area contributed by atoms with Crippen molar-refractivity contribution >= 4 is 33.3 Å². The number of aliphatic hydroxyl groups excluding tert-OH is 1. The SMILES string of the molecule is C[C@H]1CN([C@@H](C)CO)C(=O)Cc2cc(NC(=O)Nc3ccccc3)ccc2O[C@H]1CN(C)S(C)(=O)=O. The van der Waals surface area contributed by atoms with Crippen LogP contribution in [0, 0.1) is 5.92 Å². The first-order chi connectivity index (χ1) is 17.0. The highest BCUT2D eigenvalue weighted by molar-refractivity contribution is 7.88. The summed E-state index contributed by atoms with van der Waals surface area (Å²) in [5.41, 5.74) is 1.66. The number of rotatable bonds is 7. The van der Waals surface area contributed by atoms with Gasteiger partial charge in [0.1, 0.15) is 11.9 Å². The number of urea groups is 1. The topological polar surface area (TPSA) is 128 Å². The molecule has 1 heterocycles. The molecule has 0 saturated heterocycles. The molecule has 2 aromatic rings. The highest BCUT2D eigenvalue weighted by Crippen LogP contribution is 2.29. The van der Waals surface area contributed by atoms with Crippen LogP contribution < -0.4 is 15.4 Å². The molecular formula is C25H34N4O6S. The van der Waals surface area contributed by atoms with Crippen LogP contribution in [0.4, 0.5) is 16.2 Å². The minimum Gasteiger partial charge on any atom is -0.488 e. The fourth-order valence-corrected chi connectivity index (χ4v) is 4.35. The number of ether oxygens (including phenoxy) is 1. The van der Waals surface area contributed by atoms with Crippen LogP contribution in [0.15, 0.2) is 48.5 Å². The molecule has 0 spiro atoms. The maximum atomic E-state index is 13.2. The van der Waals surface area contributed by atoms with Crippen LogP contribution in [0.25, 0.3) is 0 Å². The number of benzene rings is 2. The number of likely N-dealkylation sites (N-methyl/N-ethyl adjacent to an activating group) is 1. The average Bonchev–Trinajstić information content (AvgIpc) is 2.86. The highest BCUT2D eigenvalue weighted by Gasteiger charge is 2.32. The van der Waals surface area contributed by atoms with E-state index in [9.17, 15) is 23.1 Å². The molecule has 36 heavy (non-hydrogen) atoms. The fourth-order valence-electron chi connectivity index (χ4n) is 3.93. The quantitative estimate of drug-likeness (QED) is 0.516. The number of aliphatic hydroxyl groups is 1. The third kappa shape index (κ3) is 7.19. The molecule has 1 aliphatic heterocycles. The van der Waals surface area contributed by atoms with Gasteiger partial charge in [-0.15, -0.1) is 0 Å². The van der Waals surface area contributed by atoms with E-state index in [1.54, 1.807) is 42.2 Å². The Morgan fingerprint density at radius 1 is 1.19 bits per heavy atom. The van der Waals surface area contributed by atoms with E-state index >= 15 is 0 Å². The maximum Gasteiger partial charge on any atom is 0.323 e. The third-order valence-corrected chi connectivity index (χ3v) is 7.49. The molecule has 3 amide bonds. The first kappa shape index (κ1) is 27.4. The normalized spacial score (nSPS) is 19.4. The first-order valence-corrected chi connectivity index (χ1v) is 13.6. The van der Waals surface area contributed by atoms with Crippen molar-refractivity contribution in [1.29, 1.82) is 0 Å². The molecule has 11 heteroatoms. The van der Waals surface area contributed by atoms with Crippen LogP contribution >= 0.6 is 0 Å². The van der Waals surface area contributed by atoms with Crippen molar-refractivity contribution in [3.8, 4) is 5.75 Å². The number of amides is 3. The minimum atomic E-state index is -3.45. The molecule has 196 valence electrons. The van der Waals surface area contributed by atoms with Gasteiger partial charge in [0.2, 0.25) is 15.9 Å². The van der Waals surface area contributed by atoms with Crippen molar-refractivity contribution in [3.63, 3.8) is 0 Å². The number of nitrogens with zero attached hydrogens (tertiary/aromatic N) is 2. The van der Waals surface area contributed by atoms with Crippen LogP contribution in [0.3, 0.4) is 0 Å². The number of nitrogens with one attached hydrogen (secondary N) is 2. The molecule has 0 aromatic heterocycles. The molecule has 10 nitrogen and oxygen atoms in total. The highest BCUT2D eigenvalue weighted by atomic mass is 32.2. The molecule has 0 saturated carbocycles. The number of fused-ring (bicyclic) bond motifs is 1. The van der Waals surface area contributed by atoms with Gasteiger partial charge in [-0.3, -0.25) is 4.79 Å². The van der Waals surface area contributed by atoms with E-state index in [1.165, 1.54) is 11.4 Å². The Kier molecular flexibility index (Phi) is 8.93. The van der Waals surface area contributed by atoms with Gasteiger partial charge in [0, 0.05) is 36.4 Å². The Hall–Kier alpha value is -3.15. The van der Waals surface area contributed by atoms with E-state index in [0.717, 1.165) is 6.26 Å². The molecule has 0 bridgehead atoms. The Bertz CT molecular complexity index is 1170. The summed E-state index contributed by atoms with van der Waals surface area (Å²) in [5.74, 6) is 0.0124. The average molecular weight is 519 g/mol. The molecule has 2 aromatic carbocycles. The summed E-state index contributed by atoms with van der Waals surface area (Å²) in [6.45, 7) is 3.82. The number of carbonyl (C=O) groups is 2. The summed E-state index contributed by atoms with van der Waals surface area (Å²) >= 11 is 0. The number of hydrogen-bond acceptors (Lipinski definition) is 6. The second kappa shape index (κ2) is 11.7. The standard InChI is InChI=1S/C25H34N4O6S/c1-17-14-29(18(2)16-30)24(31)13-19-12-21(27-25(32)26-20-8-6-5-7-9-20)10-11-22(19)35-23(17)15-28(3)36(4,33)34/h5-12,17-18,23,30H,13-16H2,1-4H3,(H2,26,27,32)/t17-,18-,23-/m0/s1. The van der Waals surface area contributed by atoms with Gasteiger partial charge in [0.15, 0.2) is 0 Å². The van der Waals surface area contributed by atoms with E-state index in [1.807, 2.05) is 25.1 Å². The largest absolute Gasteiger partial charge is 0.488 e. The molecule has 3 N–H and O–H groups in total. The van der Waals surface area contributed by atoms with Crippen molar-refractivity contribution in [2.24, 2.45) is 5.92 Å². The summed E-state index contributed by atoms with van der Waals surface area (Å²) in [4.78, 5) is 27.3. The predicted octanol–water partition coefficient (Wildman–Crippen LogP) is 2.37. The molecule has 0 fully saturated rings. The van der Waals surface area contributed by atoms with Gasteiger partial charge in [-0.05, 0) is 37.3 Å². The van der Waals surface area contributed by atoms with Crippen molar-refractivity contribution in [2.45, 2.75) is 32.4 Å². The second-order valence-corrected chi connectivity index (χ2v) is 11.3. The van der Waals surface area contributed by atoms with Crippen LogP contribution in [0.2, 0.25) is 0 Å². The van der Waals surface area contributed by atoms with Crippen LogP contribution in [-0.4, -0.2) is 79.8 Å². The van der Waals surface area contributed by atoms with Gasteiger partial charge in [0.05, 0.1) is 31.9 Å². The number of carbonyl (C=O) groups excluding carboxylic acids is 2. The fraction of sp³-hybridized carbons (Fsp3) is 0.440. The zero-order valence-electron chi connectivity index (χ0n) is 21.0. The van der Waals surface area contributed by atoms with Crippen molar-refractivity contribution in [3.05, 3.63) is 54.1 Å². The number of sulfonamides is 1. The number of hydrogen-bond donors (Lipinski definition) is 3. The van der Waals surface area contributed by atoms with E-state index in [2.05, 4.69) is 10.6 Å². The Labute approximate surface area is 212 Å². The zero-order valence-corrected chi connectivity index (χ0v) is 21.8. The van der Waals surface area contributed by atoms with Gasteiger partial charge in [0.25, 0.3) is 0 Å². The van der Waals surface area contributed by atoms with E-state index in [4.69, 9.17) is 4.74 Å². The Morgan fingerprint density at radius 2 is 1.86 bits per heavy atom. The molecule has 3 atom stereocenters. The van der Waals surface area contributed by atoms with Crippen molar-refractivity contribution in [1.82, 2.24) is 9.21 Å². The minimum absolute atomic E-state index is 0.00312. The Morgan fingerprint density at radius 3 is 2.50 bits per heavy atom. The van der Waals surface area contributed by atoms with Gasteiger partial charge < -0.3 is 25.4 Å². The van der Waals surface area contributed by atoms with Gasteiger partial charge in [-0.1, -0.05) is 25.1 Å². The van der Waals surface area contributed by atoms with Crippen molar-refractivity contribution < 1.29 is 27.9 Å². The Balaban J connectivity index is 1.90. The summed E-state index contributed by atoms with van der Waals surface area (Å²) in [6, 6.07) is 13.2. The second-order valence-electron chi connectivity index (χ2n) is 9.20. The molecule has 0 radical (unpaired) electrons. The van der Waals surface area contributed by atoms with Gasteiger partial charge in [-0.25, -0.2) is 17.5 Å². The third-order valence-electron chi connectivity index (χ3n) is 6.21. The monoisotopic (exact) mass is 518 g/mol. The van der Waals surface area contributed by atoms with Crippen LogP contribution in [0.5, 0.6) is 5.75 Å². The maximum absolute atomic E-state index is 13.2. The number of para-hydroxylation sites is 1. The molecular weight excluding hydrogens is 484 g/mol. The smallest absolute Gasteiger partial charge is 0.323 e. The lowest BCUT2D eigenvalue weighted by atomic mass is 10.0. The summed E-state index contributed by atoms with van der Waals surface area (Å²) in [5, 5.41) is 15.2. The number of anilines is 2. The van der Waals surface area contributed by atoms with Crippen LogP contribution in [0.1, 0.15) is 19.4 Å². The lowest BCUT2D eigenvalue weighted by molar-refractivity contribution is -0.134. The molecule has 3 rings (SSSR count). The summed E-state index contributed by atoms with van der Waals surface area (Å²) in [6.07, 6.45) is 0.572. The van der Waals surface area contributed by atoms with E-state index in [0.29, 0.717) is 29.2 Å². The van der Waals surface area contributed by atoms with Gasteiger partial charge in [-0.2, -0.15) is 0 Å². The summed E-state index contributed by atoms with van der Waals surface area (Å²) < 4.78 is 31.6.